The molecule has 0 radical (unpaired) electrons. The number of rotatable bonds is 6. The largest absolute Gasteiger partial charge is 0.550 e. The number of carboxylic acids is 1. The van der Waals surface area contributed by atoms with Gasteiger partial charge in [0.2, 0.25) is 0 Å². The van der Waals surface area contributed by atoms with Gasteiger partial charge in [0.1, 0.15) is 0 Å². The molecule has 0 aliphatic heterocycles. The number of carboxylic acid groups (broad SMARTS) is 1. The third kappa shape index (κ3) is 7.54. The molecule has 0 aromatic heterocycles. The van der Waals surface area contributed by atoms with E-state index < -0.39 is 5.97 Å². The van der Waals surface area contributed by atoms with Crippen molar-refractivity contribution in [3.63, 3.8) is 0 Å². The van der Waals surface area contributed by atoms with E-state index in [2.05, 4.69) is 19.6 Å². The van der Waals surface area contributed by atoms with E-state index in [0.717, 1.165) is 12.8 Å². The molecule has 0 spiro atoms. The molecule has 0 unspecified atom stereocenters. The summed E-state index contributed by atoms with van der Waals surface area (Å²) in [6.07, 6.45) is 2.94. The van der Waals surface area contributed by atoms with E-state index in [0.29, 0.717) is 12.3 Å². The van der Waals surface area contributed by atoms with Crippen molar-refractivity contribution in [2.75, 3.05) is 0 Å². The number of carbonyl (C=O) groups is 1. The molecule has 0 heterocycles. The number of aliphatic carboxylic acids is 1. The van der Waals surface area contributed by atoms with Crippen molar-refractivity contribution in [1.82, 2.24) is 0 Å². The number of hydrogen-bond acceptors (Lipinski definition) is 2. The summed E-state index contributed by atoms with van der Waals surface area (Å²) < 4.78 is 0. The highest BCUT2D eigenvalue weighted by Gasteiger charge is 2.06. The molecule has 0 rings (SSSR count). The van der Waals surface area contributed by atoms with Gasteiger partial charge in [0, 0.05) is 12.4 Å². The van der Waals surface area contributed by atoms with Crippen LogP contribution in [0.2, 0.25) is 0 Å². The standard InChI is InChI=1S/C9H19NO2/c1-7(2)3-4-8(10)5-6-9(11)12/h7-8H,3-6,10H2,1-2H3,(H,11,12)/t8-/m0/s1. The van der Waals surface area contributed by atoms with Crippen LogP contribution in [0.5, 0.6) is 0 Å². The molecule has 3 N–H and O–H groups in total. The number of quaternary nitrogens is 1. The van der Waals surface area contributed by atoms with Crippen molar-refractivity contribution < 1.29 is 15.6 Å². The molecule has 0 bridgehead atoms. The van der Waals surface area contributed by atoms with Crippen LogP contribution in [0.25, 0.3) is 0 Å². The molecule has 0 saturated heterocycles. The van der Waals surface area contributed by atoms with Crippen molar-refractivity contribution in [3.8, 4) is 0 Å². The topological polar surface area (TPSA) is 67.8 Å². The third-order valence-electron chi connectivity index (χ3n) is 1.91. The van der Waals surface area contributed by atoms with Gasteiger partial charge in [0.25, 0.3) is 0 Å². The molecule has 0 aromatic carbocycles. The Morgan fingerprint density at radius 2 is 1.92 bits per heavy atom. The molecular weight excluding hydrogens is 154 g/mol. The average molecular weight is 173 g/mol. The van der Waals surface area contributed by atoms with Gasteiger partial charge in [0.15, 0.2) is 0 Å². The lowest BCUT2D eigenvalue weighted by atomic mass is 10.0. The lowest BCUT2D eigenvalue weighted by molar-refractivity contribution is -0.423. The van der Waals surface area contributed by atoms with Gasteiger partial charge >= 0.3 is 0 Å². The smallest absolute Gasteiger partial charge is 0.0847 e. The molecule has 1 atom stereocenters. The molecule has 0 amide bonds. The summed E-state index contributed by atoms with van der Waals surface area (Å²) >= 11 is 0. The number of carbonyl (C=O) groups excluding carboxylic acids is 1. The van der Waals surface area contributed by atoms with E-state index in [1.165, 1.54) is 0 Å². The molecule has 0 fully saturated rings. The molecule has 72 valence electrons. The maximum absolute atomic E-state index is 10.1. The third-order valence-corrected chi connectivity index (χ3v) is 1.91. The second-order valence-corrected chi connectivity index (χ2v) is 3.75. The highest BCUT2D eigenvalue weighted by atomic mass is 16.4. The van der Waals surface area contributed by atoms with Gasteiger partial charge in [-0.1, -0.05) is 13.8 Å². The predicted octanol–water partition coefficient (Wildman–Crippen LogP) is -0.437. The summed E-state index contributed by atoms with van der Waals surface area (Å²) in [5.41, 5.74) is 3.89. The fourth-order valence-corrected chi connectivity index (χ4v) is 1.04. The predicted molar refractivity (Wildman–Crippen MR) is 45.0 cm³/mol. The molecule has 0 aromatic rings. The summed E-state index contributed by atoms with van der Waals surface area (Å²) in [4.78, 5) is 10.1. The number of hydrogen-bond donors (Lipinski definition) is 1. The minimum absolute atomic E-state index is 0.145. The summed E-state index contributed by atoms with van der Waals surface area (Å²) in [5, 5.41) is 10.1. The summed E-state index contributed by atoms with van der Waals surface area (Å²) in [7, 11) is 0. The Hall–Kier alpha value is -0.570. The molecule has 12 heavy (non-hydrogen) atoms. The van der Waals surface area contributed by atoms with Crippen molar-refractivity contribution in [3.05, 3.63) is 0 Å². The minimum atomic E-state index is -0.965. The molecule has 0 aliphatic rings. The average Bonchev–Trinajstić information content (AvgIpc) is 1.96. The maximum atomic E-state index is 10.1. The van der Waals surface area contributed by atoms with Crippen LogP contribution >= 0.6 is 0 Å². The Balaban J connectivity index is 3.33. The van der Waals surface area contributed by atoms with Crippen LogP contribution in [0.15, 0.2) is 0 Å². The molecule has 3 heteroatoms. The molecule has 0 aliphatic carbocycles. The molecule has 3 nitrogen and oxygen atoms in total. The zero-order valence-corrected chi connectivity index (χ0v) is 8.01. The lowest BCUT2D eigenvalue weighted by Gasteiger charge is -2.10. The van der Waals surface area contributed by atoms with Gasteiger partial charge in [-0.25, -0.2) is 0 Å². The van der Waals surface area contributed by atoms with Crippen LogP contribution in [0.1, 0.15) is 39.5 Å². The highest BCUT2D eigenvalue weighted by molar-refractivity contribution is 5.64. The Kier molecular flexibility index (Phi) is 5.72. The minimum Gasteiger partial charge on any atom is -0.550 e. The SMILES string of the molecule is CC(C)CC[C@H]([NH3+])CCC(=O)[O-]. The molecule has 0 saturated carbocycles. The van der Waals surface area contributed by atoms with Crippen molar-refractivity contribution in [1.29, 1.82) is 0 Å². The van der Waals surface area contributed by atoms with E-state index in [4.69, 9.17) is 0 Å². The lowest BCUT2D eigenvalue weighted by Crippen LogP contribution is -2.61. The van der Waals surface area contributed by atoms with Crippen molar-refractivity contribution in [2.24, 2.45) is 5.92 Å². The fourth-order valence-electron chi connectivity index (χ4n) is 1.04. The van der Waals surface area contributed by atoms with Crippen molar-refractivity contribution >= 4 is 5.97 Å². The first-order chi connectivity index (χ1) is 5.52. The van der Waals surface area contributed by atoms with E-state index in [1.54, 1.807) is 0 Å². The van der Waals surface area contributed by atoms with Crippen LogP contribution in [0.4, 0.5) is 0 Å². The summed E-state index contributed by atoms with van der Waals surface area (Å²) in [6.45, 7) is 4.32. The van der Waals surface area contributed by atoms with Crippen LogP contribution in [-0.4, -0.2) is 12.0 Å². The van der Waals surface area contributed by atoms with Gasteiger partial charge < -0.3 is 15.6 Å². The first kappa shape index (κ1) is 11.4. The van der Waals surface area contributed by atoms with Crippen LogP contribution in [0, 0.1) is 5.92 Å². The fraction of sp³-hybridized carbons (Fsp3) is 0.889. The van der Waals surface area contributed by atoms with E-state index >= 15 is 0 Å². The quantitative estimate of drug-likeness (QED) is 0.592. The zero-order chi connectivity index (χ0) is 9.56. The van der Waals surface area contributed by atoms with Crippen molar-refractivity contribution in [2.45, 2.75) is 45.6 Å². The van der Waals surface area contributed by atoms with E-state index in [-0.39, 0.29) is 12.5 Å². The Labute approximate surface area is 74.0 Å². The van der Waals surface area contributed by atoms with Crippen LogP contribution < -0.4 is 10.8 Å². The summed E-state index contributed by atoms with van der Waals surface area (Å²) in [5.74, 6) is -0.287. The first-order valence-electron chi connectivity index (χ1n) is 4.55. The zero-order valence-electron chi connectivity index (χ0n) is 8.01. The van der Waals surface area contributed by atoms with Gasteiger partial charge in [-0.3, -0.25) is 0 Å². The Morgan fingerprint density at radius 3 is 2.33 bits per heavy atom. The van der Waals surface area contributed by atoms with E-state index in [9.17, 15) is 9.90 Å². The van der Waals surface area contributed by atoms with Gasteiger partial charge in [-0.05, 0) is 25.2 Å². The van der Waals surface area contributed by atoms with Crippen LogP contribution in [-0.2, 0) is 4.79 Å². The second-order valence-electron chi connectivity index (χ2n) is 3.75. The molecular formula is C9H19NO2. The van der Waals surface area contributed by atoms with Crippen LogP contribution in [0.3, 0.4) is 0 Å². The monoisotopic (exact) mass is 173 g/mol. The van der Waals surface area contributed by atoms with Gasteiger partial charge in [0.05, 0.1) is 6.04 Å². The van der Waals surface area contributed by atoms with E-state index in [1.807, 2.05) is 0 Å². The Bertz CT molecular complexity index is 134. The first-order valence-corrected chi connectivity index (χ1v) is 4.55. The maximum Gasteiger partial charge on any atom is 0.0847 e. The van der Waals surface area contributed by atoms with Gasteiger partial charge in [-0.2, -0.15) is 0 Å². The summed E-state index contributed by atoms with van der Waals surface area (Å²) in [6, 6.07) is 0.269. The second kappa shape index (κ2) is 6.00. The highest BCUT2D eigenvalue weighted by Crippen LogP contribution is 2.07. The van der Waals surface area contributed by atoms with Gasteiger partial charge in [-0.15, -0.1) is 0 Å². The Morgan fingerprint density at radius 1 is 1.33 bits per heavy atom. The normalized spacial score (nSPS) is 13.3.